The molecule has 0 atom stereocenters. The summed E-state index contributed by atoms with van der Waals surface area (Å²) in [4.78, 5) is 17.2. The summed E-state index contributed by atoms with van der Waals surface area (Å²) in [6.07, 6.45) is 4.89. The largest absolute Gasteiger partial charge is 0.339 e. The first-order valence-corrected chi connectivity index (χ1v) is 10.7. The van der Waals surface area contributed by atoms with E-state index in [1.165, 1.54) is 49.9 Å². The Morgan fingerprint density at radius 2 is 1.65 bits per heavy atom. The van der Waals surface area contributed by atoms with Gasteiger partial charge in [0.05, 0.1) is 5.56 Å². The van der Waals surface area contributed by atoms with Crippen LogP contribution in [0.5, 0.6) is 0 Å². The Hall–Kier alpha value is -1.65. The Morgan fingerprint density at radius 1 is 1.00 bits per heavy atom. The minimum absolute atomic E-state index is 0.220. The van der Waals surface area contributed by atoms with E-state index in [9.17, 15) is 4.79 Å². The number of likely N-dealkylation sites (tertiary alicyclic amines) is 2. The average Bonchev–Trinajstić information content (AvgIpc) is 3.21. The maximum absolute atomic E-state index is 12.5. The van der Waals surface area contributed by atoms with Gasteiger partial charge >= 0.3 is 0 Å². The summed E-state index contributed by atoms with van der Waals surface area (Å²) < 4.78 is 0. The second kappa shape index (κ2) is 7.53. The first-order valence-electron chi connectivity index (χ1n) is 9.73. The van der Waals surface area contributed by atoms with Gasteiger partial charge in [-0.2, -0.15) is 11.3 Å². The maximum atomic E-state index is 12.5. The fourth-order valence-corrected chi connectivity index (χ4v) is 5.02. The van der Waals surface area contributed by atoms with Crippen LogP contribution in [0.4, 0.5) is 0 Å². The second-order valence-corrected chi connectivity index (χ2v) is 8.85. The van der Waals surface area contributed by atoms with Crippen molar-refractivity contribution in [3.8, 4) is 0 Å². The number of carbonyl (C=O) groups is 1. The third kappa shape index (κ3) is 3.86. The monoisotopic (exact) mass is 368 g/mol. The predicted octanol–water partition coefficient (Wildman–Crippen LogP) is 4.57. The van der Waals surface area contributed by atoms with Crippen molar-refractivity contribution in [1.82, 2.24) is 9.80 Å². The first kappa shape index (κ1) is 17.7. The van der Waals surface area contributed by atoms with Gasteiger partial charge in [-0.25, -0.2) is 0 Å². The van der Waals surface area contributed by atoms with Crippen molar-refractivity contribution in [3.05, 3.63) is 57.8 Å². The number of rotatable bonds is 3. The molecule has 138 valence electrons. The topological polar surface area (TPSA) is 23.6 Å². The van der Waals surface area contributed by atoms with Crippen molar-refractivity contribution in [3.63, 3.8) is 0 Å². The molecule has 4 heteroatoms. The average molecular weight is 369 g/mol. The maximum Gasteiger partial charge on any atom is 0.254 e. The van der Waals surface area contributed by atoms with Crippen LogP contribution in [0, 0.1) is 12.3 Å². The van der Waals surface area contributed by atoms with Crippen LogP contribution in [0.25, 0.3) is 0 Å². The van der Waals surface area contributed by atoms with E-state index < -0.39 is 0 Å². The fourth-order valence-electron chi connectivity index (χ4n) is 4.39. The van der Waals surface area contributed by atoms with E-state index in [2.05, 4.69) is 41.0 Å². The van der Waals surface area contributed by atoms with Crippen LogP contribution in [0.1, 0.15) is 47.2 Å². The summed E-state index contributed by atoms with van der Waals surface area (Å²) in [6, 6.07) is 10.9. The molecule has 0 N–H and O–H groups in total. The van der Waals surface area contributed by atoms with Gasteiger partial charge in [-0.15, -0.1) is 0 Å². The van der Waals surface area contributed by atoms with E-state index in [-0.39, 0.29) is 5.91 Å². The summed E-state index contributed by atoms with van der Waals surface area (Å²) in [5.41, 5.74) is 4.08. The number of benzene rings is 1. The minimum atomic E-state index is 0.220. The lowest BCUT2D eigenvalue weighted by Crippen LogP contribution is -2.48. The van der Waals surface area contributed by atoms with E-state index in [1.54, 1.807) is 11.3 Å². The molecular formula is C22H28N2OS. The smallest absolute Gasteiger partial charge is 0.254 e. The number of aryl methyl sites for hydroxylation is 1. The van der Waals surface area contributed by atoms with Crippen molar-refractivity contribution in [1.29, 1.82) is 0 Å². The number of thiophene rings is 1. The zero-order chi connectivity index (χ0) is 18.0. The lowest BCUT2D eigenvalue weighted by atomic mass is 9.71. The molecule has 1 spiro atoms. The Morgan fingerprint density at radius 3 is 2.27 bits per heavy atom. The molecule has 0 unspecified atom stereocenters. The van der Waals surface area contributed by atoms with Gasteiger partial charge in [-0.1, -0.05) is 29.8 Å². The molecule has 2 aliphatic heterocycles. The highest BCUT2D eigenvalue weighted by Crippen LogP contribution is 2.41. The van der Waals surface area contributed by atoms with Crippen molar-refractivity contribution in [2.24, 2.45) is 5.41 Å². The van der Waals surface area contributed by atoms with Gasteiger partial charge in [0.1, 0.15) is 0 Å². The van der Waals surface area contributed by atoms with Gasteiger partial charge in [-0.3, -0.25) is 9.69 Å². The SMILES string of the molecule is Cc1ccc(CN2CCC3(CC2)CCN(C(=O)c2ccsc2)CC3)cc1. The van der Waals surface area contributed by atoms with Gasteiger partial charge in [0, 0.05) is 25.0 Å². The molecule has 3 nitrogen and oxygen atoms in total. The molecule has 0 radical (unpaired) electrons. The van der Waals surface area contributed by atoms with Crippen LogP contribution in [0.3, 0.4) is 0 Å². The quantitative estimate of drug-likeness (QED) is 0.792. The lowest BCUT2D eigenvalue weighted by molar-refractivity contribution is 0.0285. The fraction of sp³-hybridized carbons (Fsp3) is 0.500. The predicted molar refractivity (Wildman–Crippen MR) is 108 cm³/mol. The molecule has 2 aromatic rings. The summed E-state index contributed by atoms with van der Waals surface area (Å²) >= 11 is 1.60. The zero-order valence-electron chi connectivity index (χ0n) is 15.6. The molecule has 1 amide bonds. The van der Waals surface area contributed by atoms with E-state index >= 15 is 0 Å². The van der Waals surface area contributed by atoms with E-state index in [4.69, 9.17) is 0 Å². The van der Waals surface area contributed by atoms with Crippen LogP contribution in [0.2, 0.25) is 0 Å². The minimum Gasteiger partial charge on any atom is -0.339 e. The molecule has 2 aliphatic rings. The molecule has 0 bridgehead atoms. The van der Waals surface area contributed by atoms with Gasteiger partial charge in [0.2, 0.25) is 0 Å². The van der Waals surface area contributed by atoms with E-state index in [1.807, 2.05) is 16.8 Å². The van der Waals surface area contributed by atoms with Crippen molar-refractivity contribution in [2.45, 2.75) is 39.2 Å². The van der Waals surface area contributed by atoms with Gasteiger partial charge < -0.3 is 4.90 Å². The highest BCUT2D eigenvalue weighted by Gasteiger charge is 2.38. The zero-order valence-corrected chi connectivity index (χ0v) is 16.4. The van der Waals surface area contributed by atoms with Gasteiger partial charge in [0.15, 0.2) is 0 Å². The molecular weight excluding hydrogens is 340 g/mol. The van der Waals surface area contributed by atoms with Crippen molar-refractivity contribution in [2.75, 3.05) is 26.2 Å². The summed E-state index contributed by atoms with van der Waals surface area (Å²) in [6.45, 7) is 7.43. The van der Waals surface area contributed by atoms with Crippen LogP contribution in [-0.4, -0.2) is 41.9 Å². The molecule has 0 aliphatic carbocycles. The third-order valence-electron chi connectivity index (χ3n) is 6.32. The Labute approximate surface area is 160 Å². The third-order valence-corrected chi connectivity index (χ3v) is 7.01. The molecule has 1 aromatic heterocycles. The Kier molecular flexibility index (Phi) is 5.14. The van der Waals surface area contributed by atoms with Crippen LogP contribution in [-0.2, 0) is 6.54 Å². The summed E-state index contributed by atoms with van der Waals surface area (Å²) in [5.74, 6) is 0.220. The molecule has 4 rings (SSSR count). The molecule has 3 heterocycles. The summed E-state index contributed by atoms with van der Waals surface area (Å²) in [5, 5.41) is 3.96. The van der Waals surface area contributed by atoms with Crippen LogP contribution in [0.15, 0.2) is 41.1 Å². The molecule has 1 aromatic carbocycles. The van der Waals surface area contributed by atoms with Crippen molar-refractivity contribution >= 4 is 17.2 Å². The molecule has 2 fully saturated rings. The van der Waals surface area contributed by atoms with Crippen molar-refractivity contribution < 1.29 is 4.79 Å². The number of piperidine rings is 2. The Balaban J connectivity index is 1.28. The first-order chi connectivity index (χ1) is 12.6. The van der Waals surface area contributed by atoms with Gasteiger partial charge in [0.25, 0.3) is 5.91 Å². The second-order valence-electron chi connectivity index (χ2n) is 8.07. The Bertz CT molecular complexity index is 720. The normalized spacial score (nSPS) is 20.4. The highest BCUT2D eigenvalue weighted by atomic mass is 32.1. The standard InChI is InChI=1S/C22H28N2OS/c1-18-2-4-19(5-3-18)16-23-11-7-22(8-12-23)9-13-24(14-10-22)21(25)20-6-15-26-17-20/h2-6,15,17H,7-14,16H2,1H3. The number of amides is 1. The molecule has 0 saturated carbocycles. The number of nitrogens with zero attached hydrogens (tertiary/aromatic N) is 2. The number of hydrogen-bond acceptors (Lipinski definition) is 3. The van der Waals surface area contributed by atoms with Gasteiger partial charge in [-0.05, 0) is 68.1 Å². The lowest BCUT2D eigenvalue weighted by Gasteiger charge is -2.47. The van der Waals surface area contributed by atoms with Crippen LogP contribution >= 0.6 is 11.3 Å². The number of carbonyl (C=O) groups excluding carboxylic acids is 1. The molecule has 26 heavy (non-hydrogen) atoms. The van der Waals surface area contributed by atoms with E-state index in [0.717, 1.165) is 25.2 Å². The molecule has 2 saturated heterocycles. The summed E-state index contributed by atoms with van der Waals surface area (Å²) in [7, 11) is 0. The van der Waals surface area contributed by atoms with E-state index in [0.29, 0.717) is 5.41 Å². The highest BCUT2D eigenvalue weighted by molar-refractivity contribution is 7.08. The number of hydrogen-bond donors (Lipinski definition) is 0. The van der Waals surface area contributed by atoms with Crippen LogP contribution < -0.4 is 0 Å².